The summed E-state index contributed by atoms with van der Waals surface area (Å²) in [5.41, 5.74) is 0.873. The smallest absolute Gasteiger partial charge is 0.335 e. The van der Waals surface area contributed by atoms with Gasteiger partial charge in [-0.3, -0.25) is 4.21 Å². The molecule has 0 saturated heterocycles. The summed E-state index contributed by atoms with van der Waals surface area (Å²) in [4.78, 5) is 19.2. The number of hydrogen-bond acceptors (Lipinski definition) is 5. The zero-order valence-electron chi connectivity index (χ0n) is 10.3. The Bertz CT molecular complexity index is 645. The van der Waals surface area contributed by atoms with Gasteiger partial charge in [-0.2, -0.15) is 0 Å². The van der Waals surface area contributed by atoms with Gasteiger partial charge in [-0.25, -0.2) is 14.8 Å². The van der Waals surface area contributed by atoms with Crippen LogP contribution in [0.25, 0.3) is 10.9 Å². The molecule has 1 heterocycles. The van der Waals surface area contributed by atoms with Crippen molar-refractivity contribution in [2.45, 2.75) is 0 Å². The molecule has 2 rings (SSSR count). The Kier molecular flexibility index (Phi) is 4.06. The number of carboxylic acids is 1. The van der Waals surface area contributed by atoms with Gasteiger partial charge in [0.25, 0.3) is 0 Å². The molecule has 2 aromatic rings. The van der Waals surface area contributed by atoms with Crippen LogP contribution in [0.15, 0.2) is 24.4 Å². The predicted octanol–water partition coefficient (Wildman–Crippen LogP) is 1.12. The molecule has 0 amide bonds. The summed E-state index contributed by atoms with van der Waals surface area (Å²) in [6.07, 6.45) is 3.20. The van der Waals surface area contributed by atoms with Gasteiger partial charge >= 0.3 is 5.97 Å². The van der Waals surface area contributed by atoms with Gasteiger partial charge in [-0.15, -0.1) is 0 Å². The lowest BCUT2D eigenvalue weighted by Crippen LogP contribution is -2.11. The molecule has 0 aliphatic carbocycles. The molecule has 19 heavy (non-hydrogen) atoms. The molecule has 100 valence electrons. The highest BCUT2D eigenvalue weighted by atomic mass is 32.2. The second-order valence-electron chi connectivity index (χ2n) is 3.98. The summed E-state index contributed by atoms with van der Waals surface area (Å²) >= 11 is 0. The van der Waals surface area contributed by atoms with E-state index in [0.717, 1.165) is 0 Å². The molecule has 0 bridgehead atoms. The van der Waals surface area contributed by atoms with Gasteiger partial charge in [0, 0.05) is 40.9 Å². The fourth-order valence-corrected chi connectivity index (χ4v) is 1.95. The Morgan fingerprint density at radius 1 is 1.47 bits per heavy atom. The highest BCUT2D eigenvalue weighted by Crippen LogP contribution is 2.14. The molecule has 6 nitrogen and oxygen atoms in total. The first-order chi connectivity index (χ1) is 9.06. The van der Waals surface area contributed by atoms with E-state index in [-0.39, 0.29) is 5.56 Å². The monoisotopic (exact) mass is 279 g/mol. The van der Waals surface area contributed by atoms with E-state index in [9.17, 15) is 9.00 Å². The number of carbonyl (C=O) groups is 1. The van der Waals surface area contributed by atoms with E-state index in [1.165, 1.54) is 12.1 Å². The van der Waals surface area contributed by atoms with Gasteiger partial charge in [0.1, 0.15) is 0 Å². The Hall–Kier alpha value is -2.02. The number of nitrogens with one attached hydrogen (secondary N) is 1. The SMILES string of the molecule is CS(=O)CCNc1ncc2cc(C(=O)O)ccc2n1. The van der Waals surface area contributed by atoms with Crippen LogP contribution in [-0.4, -0.2) is 43.8 Å². The van der Waals surface area contributed by atoms with E-state index in [4.69, 9.17) is 5.11 Å². The number of anilines is 1. The van der Waals surface area contributed by atoms with Crippen LogP contribution in [0.2, 0.25) is 0 Å². The molecule has 1 atom stereocenters. The van der Waals surface area contributed by atoms with Crippen molar-refractivity contribution < 1.29 is 14.1 Å². The Labute approximate surface area is 112 Å². The van der Waals surface area contributed by atoms with E-state index in [1.807, 2.05) is 0 Å². The summed E-state index contributed by atoms with van der Waals surface area (Å²) in [6, 6.07) is 4.68. The van der Waals surface area contributed by atoms with Crippen LogP contribution in [0.3, 0.4) is 0 Å². The molecule has 0 saturated carbocycles. The third-order valence-corrected chi connectivity index (χ3v) is 3.28. The Morgan fingerprint density at radius 2 is 2.26 bits per heavy atom. The van der Waals surface area contributed by atoms with Crippen LogP contribution in [0, 0.1) is 0 Å². The van der Waals surface area contributed by atoms with Crippen molar-refractivity contribution in [3.63, 3.8) is 0 Å². The molecule has 0 spiro atoms. The molecular weight excluding hydrogens is 266 g/mol. The fourth-order valence-electron chi connectivity index (χ4n) is 1.56. The molecule has 0 radical (unpaired) electrons. The lowest BCUT2D eigenvalue weighted by atomic mass is 10.1. The molecule has 1 unspecified atom stereocenters. The van der Waals surface area contributed by atoms with E-state index in [1.54, 1.807) is 18.5 Å². The van der Waals surface area contributed by atoms with Crippen LogP contribution >= 0.6 is 0 Å². The maximum absolute atomic E-state index is 10.9. The van der Waals surface area contributed by atoms with Crippen LogP contribution in [0.1, 0.15) is 10.4 Å². The van der Waals surface area contributed by atoms with Crippen molar-refractivity contribution in [1.29, 1.82) is 0 Å². The van der Waals surface area contributed by atoms with Crippen LogP contribution in [-0.2, 0) is 10.8 Å². The second-order valence-corrected chi connectivity index (χ2v) is 5.53. The van der Waals surface area contributed by atoms with Crippen molar-refractivity contribution in [2.24, 2.45) is 0 Å². The lowest BCUT2D eigenvalue weighted by Gasteiger charge is -2.05. The number of carboxylic acid groups (broad SMARTS) is 1. The number of hydrogen-bond donors (Lipinski definition) is 2. The maximum Gasteiger partial charge on any atom is 0.335 e. The minimum atomic E-state index is -0.977. The standard InChI is InChI=1S/C12H13N3O3S/c1-19(18)5-4-13-12-14-7-9-6-8(11(16)17)2-3-10(9)15-12/h2-3,6-7H,4-5H2,1H3,(H,16,17)(H,13,14,15). The quantitative estimate of drug-likeness (QED) is 0.852. The first-order valence-electron chi connectivity index (χ1n) is 5.60. The van der Waals surface area contributed by atoms with Gasteiger partial charge in [-0.1, -0.05) is 0 Å². The number of nitrogens with zero attached hydrogens (tertiary/aromatic N) is 2. The molecular formula is C12H13N3O3S. The molecule has 0 aliphatic rings. The van der Waals surface area contributed by atoms with Gasteiger partial charge in [-0.05, 0) is 18.2 Å². The van der Waals surface area contributed by atoms with E-state index >= 15 is 0 Å². The minimum Gasteiger partial charge on any atom is -0.478 e. The number of aromatic carboxylic acids is 1. The zero-order chi connectivity index (χ0) is 13.8. The number of benzene rings is 1. The average Bonchev–Trinajstić information content (AvgIpc) is 2.37. The Morgan fingerprint density at radius 3 is 2.95 bits per heavy atom. The van der Waals surface area contributed by atoms with Crippen LogP contribution < -0.4 is 5.32 Å². The van der Waals surface area contributed by atoms with Crippen LogP contribution in [0.5, 0.6) is 0 Å². The second kappa shape index (κ2) is 5.75. The van der Waals surface area contributed by atoms with Crippen molar-refractivity contribution >= 4 is 33.6 Å². The largest absolute Gasteiger partial charge is 0.478 e. The molecule has 1 aromatic carbocycles. The summed E-state index contributed by atoms with van der Waals surface area (Å²) < 4.78 is 10.9. The van der Waals surface area contributed by atoms with Crippen molar-refractivity contribution in [1.82, 2.24) is 9.97 Å². The summed E-state index contributed by atoms with van der Waals surface area (Å²) in [5.74, 6) is -0.00476. The fraction of sp³-hybridized carbons (Fsp3) is 0.250. The van der Waals surface area contributed by atoms with E-state index in [0.29, 0.717) is 29.1 Å². The van der Waals surface area contributed by atoms with Crippen molar-refractivity contribution in [2.75, 3.05) is 23.9 Å². The minimum absolute atomic E-state index is 0.207. The topological polar surface area (TPSA) is 92.2 Å². The van der Waals surface area contributed by atoms with Gasteiger partial charge < -0.3 is 10.4 Å². The van der Waals surface area contributed by atoms with Crippen LogP contribution in [0.4, 0.5) is 5.95 Å². The third kappa shape index (κ3) is 3.47. The molecule has 7 heteroatoms. The van der Waals surface area contributed by atoms with Crippen molar-refractivity contribution in [3.8, 4) is 0 Å². The highest BCUT2D eigenvalue weighted by molar-refractivity contribution is 7.84. The molecule has 0 aliphatic heterocycles. The van der Waals surface area contributed by atoms with Gasteiger partial charge in [0.05, 0.1) is 11.1 Å². The van der Waals surface area contributed by atoms with E-state index < -0.39 is 16.8 Å². The van der Waals surface area contributed by atoms with Gasteiger partial charge in [0.2, 0.25) is 5.95 Å². The highest BCUT2D eigenvalue weighted by Gasteiger charge is 2.05. The zero-order valence-corrected chi connectivity index (χ0v) is 11.1. The number of rotatable bonds is 5. The third-order valence-electron chi connectivity index (χ3n) is 2.50. The number of aromatic nitrogens is 2. The van der Waals surface area contributed by atoms with Crippen molar-refractivity contribution in [3.05, 3.63) is 30.0 Å². The normalized spacial score (nSPS) is 12.3. The molecule has 1 aromatic heterocycles. The summed E-state index contributed by atoms with van der Waals surface area (Å²) in [6.45, 7) is 0.530. The maximum atomic E-state index is 10.9. The first kappa shape index (κ1) is 13.4. The predicted molar refractivity (Wildman–Crippen MR) is 73.9 cm³/mol. The summed E-state index contributed by atoms with van der Waals surface area (Å²) in [5, 5.41) is 12.5. The Balaban J connectivity index is 2.19. The summed E-state index contributed by atoms with van der Waals surface area (Å²) in [7, 11) is -0.858. The average molecular weight is 279 g/mol. The number of fused-ring (bicyclic) bond motifs is 1. The molecule has 2 N–H and O–H groups in total. The lowest BCUT2D eigenvalue weighted by molar-refractivity contribution is 0.0697. The molecule has 0 fully saturated rings. The van der Waals surface area contributed by atoms with E-state index in [2.05, 4.69) is 15.3 Å². The van der Waals surface area contributed by atoms with Gasteiger partial charge in [0.15, 0.2) is 0 Å². The first-order valence-corrected chi connectivity index (χ1v) is 7.33.